The number of phenolic OH excluding ortho intramolecular Hbond substituents is 2. The van der Waals surface area contributed by atoms with Crippen LogP contribution in [0.4, 0.5) is 0 Å². The molecule has 0 saturated heterocycles. The van der Waals surface area contributed by atoms with E-state index in [1.54, 1.807) is 6.07 Å². The molecule has 0 aliphatic heterocycles. The Morgan fingerprint density at radius 1 is 1.00 bits per heavy atom. The number of hydrogen-bond acceptors (Lipinski definition) is 2. The van der Waals surface area contributed by atoms with Crippen LogP contribution < -0.4 is 4.57 Å². The summed E-state index contributed by atoms with van der Waals surface area (Å²) < 4.78 is 2.06. The van der Waals surface area contributed by atoms with Gasteiger partial charge in [-0.1, -0.05) is 20.3 Å². The maximum Gasteiger partial charge on any atom is 0.173 e. The summed E-state index contributed by atoms with van der Waals surface area (Å²) in [5.41, 5.74) is 2.31. The third-order valence-electron chi connectivity index (χ3n) is 3.65. The fourth-order valence-corrected chi connectivity index (χ4v) is 2.15. The van der Waals surface area contributed by atoms with E-state index in [1.165, 1.54) is 18.1 Å². The Morgan fingerprint density at radius 3 is 2.30 bits per heavy atom. The van der Waals surface area contributed by atoms with E-state index in [2.05, 4.69) is 42.9 Å². The summed E-state index contributed by atoms with van der Waals surface area (Å²) in [5.74, 6) is 0.555. The molecule has 3 heteroatoms. The lowest BCUT2D eigenvalue weighted by atomic mass is 10.00. The first-order valence-corrected chi connectivity index (χ1v) is 7.07. The van der Waals surface area contributed by atoms with Gasteiger partial charge >= 0.3 is 0 Å². The second-order valence-electron chi connectivity index (χ2n) is 5.42. The van der Waals surface area contributed by atoms with Gasteiger partial charge in [0.15, 0.2) is 30.4 Å². The fourth-order valence-electron chi connectivity index (χ4n) is 2.15. The third kappa shape index (κ3) is 3.73. The molecular weight excluding hydrogens is 250 g/mol. The average molecular weight is 272 g/mol. The van der Waals surface area contributed by atoms with Crippen LogP contribution in [0.15, 0.2) is 42.7 Å². The number of phenols is 2. The van der Waals surface area contributed by atoms with Gasteiger partial charge in [0.1, 0.15) is 0 Å². The van der Waals surface area contributed by atoms with Crippen LogP contribution >= 0.6 is 0 Å². The van der Waals surface area contributed by atoms with E-state index in [1.807, 2.05) is 6.07 Å². The van der Waals surface area contributed by atoms with Gasteiger partial charge in [-0.3, -0.25) is 0 Å². The van der Waals surface area contributed by atoms with E-state index in [0.717, 1.165) is 12.0 Å². The molecule has 3 nitrogen and oxygen atoms in total. The van der Waals surface area contributed by atoms with Gasteiger partial charge in [0.25, 0.3) is 0 Å². The summed E-state index contributed by atoms with van der Waals surface area (Å²) in [6.45, 7) is 5.16. The van der Waals surface area contributed by atoms with Crippen LogP contribution in [0, 0.1) is 5.92 Å². The standard InChI is InChI=1S/C17H21NO2/c1-3-13(2)10-14-6-8-18(9-7-14)12-15-4-5-16(19)17(20)11-15/h4-9,11,13H,3,10,12H2,1-2H3,(H-,19,20)/p+1. The lowest BCUT2D eigenvalue weighted by Gasteiger charge is -2.07. The molecule has 0 radical (unpaired) electrons. The Kier molecular flexibility index (Phi) is 4.61. The van der Waals surface area contributed by atoms with Crippen molar-refractivity contribution >= 4 is 0 Å². The number of benzene rings is 1. The Balaban J connectivity index is 2.04. The number of aromatic hydroxyl groups is 2. The van der Waals surface area contributed by atoms with E-state index in [4.69, 9.17) is 0 Å². The third-order valence-corrected chi connectivity index (χ3v) is 3.65. The van der Waals surface area contributed by atoms with E-state index >= 15 is 0 Å². The highest BCUT2D eigenvalue weighted by Gasteiger charge is 2.07. The fraction of sp³-hybridized carbons (Fsp3) is 0.353. The van der Waals surface area contributed by atoms with Crippen molar-refractivity contribution in [3.63, 3.8) is 0 Å². The molecule has 1 aromatic heterocycles. The quantitative estimate of drug-likeness (QED) is 0.649. The minimum atomic E-state index is -0.0809. The Bertz CT molecular complexity index is 564. The predicted octanol–water partition coefficient (Wildman–Crippen LogP) is 3.02. The molecule has 0 aliphatic rings. The molecule has 0 saturated carbocycles. The van der Waals surface area contributed by atoms with Gasteiger partial charge in [-0.25, -0.2) is 4.57 Å². The summed E-state index contributed by atoms with van der Waals surface area (Å²) in [6.07, 6.45) is 6.42. The maximum absolute atomic E-state index is 9.49. The van der Waals surface area contributed by atoms with Crippen LogP contribution in [-0.2, 0) is 13.0 Å². The Morgan fingerprint density at radius 2 is 1.70 bits per heavy atom. The number of nitrogens with zero attached hydrogens (tertiary/aromatic N) is 1. The first-order valence-electron chi connectivity index (χ1n) is 7.07. The molecule has 1 atom stereocenters. The topological polar surface area (TPSA) is 44.3 Å². The number of aromatic nitrogens is 1. The zero-order valence-corrected chi connectivity index (χ0v) is 12.1. The molecule has 0 spiro atoms. The van der Waals surface area contributed by atoms with E-state index < -0.39 is 0 Å². The van der Waals surface area contributed by atoms with Crippen LogP contribution in [0.25, 0.3) is 0 Å². The smallest absolute Gasteiger partial charge is 0.173 e. The second-order valence-corrected chi connectivity index (χ2v) is 5.42. The molecule has 0 aliphatic carbocycles. The Labute approximate surface area is 120 Å². The first kappa shape index (κ1) is 14.4. The maximum atomic E-state index is 9.49. The van der Waals surface area contributed by atoms with Crippen molar-refractivity contribution in [1.29, 1.82) is 0 Å². The van der Waals surface area contributed by atoms with Crippen molar-refractivity contribution < 1.29 is 14.8 Å². The largest absolute Gasteiger partial charge is 0.504 e. The summed E-state index contributed by atoms with van der Waals surface area (Å²) in [5, 5.41) is 18.8. The SMILES string of the molecule is CCC(C)Cc1cc[n+](Cc2ccc(O)c(O)c2)cc1. The molecule has 0 amide bonds. The zero-order valence-electron chi connectivity index (χ0n) is 12.1. The van der Waals surface area contributed by atoms with Gasteiger partial charge in [-0.05, 0) is 36.1 Å². The second kappa shape index (κ2) is 6.42. The molecule has 2 N–H and O–H groups in total. The highest BCUT2D eigenvalue weighted by molar-refractivity contribution is 5.40. The van der Waals surface area contributed by atoms with Crippen molar-refractivity contribution in [2.45, 2.75) is 33.2 Å². The zero-order chi connectivity index (χ0) is 14.5. The molecule has 1 unspecified atom stereocenters. The minimum Gasteiger partial charge on any atom is -0.504 e. The van der Waals surface area contributed by atoms with Crippen molar-refractivity contribution in [2.75, 3.05) is 0 Å². The number of rotatable bonds is 5. The highest BCUT2D eigenvalue weighted by atomic mass is 16.3. The molecule has 106 valence electrons. The molecule has 0 bridgehead atoms. The van der Waals surface area contributed by atoms with Crippen molar-refractivity contribution in [3.05, 3.63) is 53.9 Å². The monoisotopic (exact) mass is 272 g/mol. The van der Waals surface area contributed by atoms with Crippen LogP contribution in [0.3, 0.4) is 0 Å². The van der Waals surface area contributed by atoms with Crippen LogP contribution in [0.2, 0.25) is 0 Å². The summed E-state index contributed by atoms with van der Waals surface area (Å²) >= 11 is 0. The normalized spacial score (nSPS) is 12.3. The molecule has 2 aromatic rings. The highest BCUT2D eigenvalue weighted by Crippen LogP contribution is 2.24. The lowest BCUT2D eigenvalue weighted by molar-refractivity contribution is -0.688. The molecular formula is C17H22NO2+. The van der Waals surface area contributed by atoms with Crippen LogP contribution in [0.1, 0.15) is 31.4 Å². The Hall–Kier alpha value is -2.03. The van der Waals surface area contributed by atoms with Gasteiger partial charge in [0.05, 0.1) is 0 Å². The van der Waals surface area contributed by atoms with E-state index in [9.17, 15) is 10.2 Å². The summed E-state index contributed by atoms with van der Waals surface area (Å²) in [4.78, 5) is 0. The number of hydrogen-bond donors (Lipinski definition) is 2. The van der Waals surface area contributed by atoms with Gasteiger partial charge in [0.2, 0.25) is 0 Å². The average Bonchev–Trinajstić information content (AvgIpc) is 2.45. The van der Waals surface area contributed by atoms with E-state index in [0.29, 0.717) is 12.5 Å². The molecule has 1 aromatic carbocycles. The van der Waals surface area contributed by atoms with Crippen LogP contribution in [0.5, 0.6) is 11.5 Å². The molecule has 2 rings (SSSR count). The molecule has 20 heavy (non-hydrogen) atoms. The minimum absolute atomic E-state index is 0.0727. The van der Waals surface area contributed by atoms with Gasteiger partial charge in [0, 0.05) is 17.7 Å². The van der Waals surface area contributed by atoms with Crippen molar-refractivity contribution in [2.24, 2.45) is 5.92 Å². The number of pyridine rings is 1. The van der Waals surface area contributed by atoms with Gasteiger partial charge in [-0.2, -0.15) is 0 Å². The van der Waals surface area contributed by atoms with Crippen molar-refractivity contribution in [1.82, 2.24) is 0 Å². The van der Waals surface area contributed by atoms with E-state index in [-0.39, 0.29) is 11.5 Å². The van der Waals surface area contributed by atoms with Gasteiger partial charge in [-0.15, -0.1) is 0 Å². The molecule has 0 fully saturated rings. The lowest BCUT2D eigenvalue weighted by Crippen LogP contribution is -2.33. The summed E-state index contributed by atoms with van der Waals surface area (Å²) in [6, 6.07) is 9.21. The first-order chi connectivity index (χ1) is 9.58. The molecule has 1 heterocycles. The van der Waals surface area contributed by atoms with Crippen LogP contribution in [-0.4, -0.2) is 10.2 Å². The predicted molar refractivity (Wildman–Crippen MR) is 78.7 cm³/mol. The summed E-state index contributed by atoms with van der Waals surface area (Å²) in [7, 11) is 0. The van der Waals surface area contributed by atoms with Crippen molar-refractivity contribution in [3.8, 4) is 11.5 Å². The van der Waals surface area contributed by atoms with Gasteiger partial charge < -0.3 is 10.2 Å².